The van der Waals surface area contributed by atoms with E-state index in [4.69, 9.17) is 10.5 Å². The van der Waals surface area contributed by atoms with E-state index in [-0.39, 0.29) is 11.8 Å². The van der Waals surface area contributed by atoms with Crippen molar-refractivity contribution in [2.24, 2.45) is 5.92 Å². The van der Waals surface area contributed by atoms with E-state index in [1.807, 2.05) is 25.1 Å². The highest BCUT2D eigenvalue weighted by Crippen LogP contribution is 2.41. The highest BCUT2D eigenvalue weighted by molar-refractivity contribution is 5.39. The van der Waals surface area contributed by atoms with Gasteiger partial charge in [-0.15, -0.1) is 0 Å². The van der Waals surface area contributed by atoms with Crippen molar-refractivity contribution in [2.75, 3.05) is 0 Å². The molecule has 16 heavy (non-hydrogen) atoms. The van der Waals surface area contributed by atoms with Gasteiger partial charge in [-0.2, -0.15) is 10.5 Å². The van der Waals surface area contributed by atoms with Crippen LogP contribution in [0.2, 0.25) is 0 Å². The monoisotopic (exact) mass is 210 g/mol. The maximum absolute atomic E-state index is 9.10. The molecule has 2 heteroatoms. The number of rotatable bonds is 1. The zero-order chi connectivity index (χ0) is 11.5. The lowest BCUT2D eigenvalue weighted by molar-refractivity contribution is 0.459. The topological polar surface area (TPSA) is 47.6 Å². The van der Waals surface area contributed by atoms with Gasteiger partial charge in [-0.3, -0.25) is 0 Å². The van der Waals surface area contributed by atoms with E-state index in [0.717, 1.165) is 18.4 Å². The number of benzene rings is 1. The average molecular weight is 210 g/mol. The molecule has 0 heterocycles. The molecule has 0 aromatic heterocycles. The Balaban J connectivity index is 2.44. The second-order valence-corrected chi connectivity index (χ2v) is 4.41. The number of nitrogens with zero attached hydrogens (tertiary/aromatic N) is 2. The molecular formula is C14H14N2. The normalized spacial score (nSPS) is 24.9. The quantitative estimate of drug-likeness (QED) is 0.713. The summed E-state index contributed by atoms with van der Waals surface area (Å²) in [5, 5.41) is 18.1. The largest absolute Gasteiger partial charge is 0.198 e. The van der Waals surface area contributed by atoms with Crippen molar-refractivity contribution in [1.29, 1.82) is 10.5 Å². The summed E-state index contributed by atoms with van der Waals surface area (Å²) in [5.74, 6) is 0.338. The van der Waals surface area contributed by atoms with Crippen molar-refractivity contribution in [3.05, 3.63) is 35.4 Å². The van der Waals surface area contributed by atoms with Crippen molar-refractivity contribution < 1.29 is 0 Å². The first kappa shape index (κ1) is 10.7. The van der Waals surface area contributed by atoms with E-state index in [1.54, 1.807) is 0 Å². The smallest absolute Gasteiger partial charge is 0.0715 e. The molecule has 0 fully saturated rings. The van der Waals surface area contributed by atoms with Crippen LogP contribution in [0.25, 0.3) is 0 Å². The van der Waals surface area contributed by atoms with Gasteiger partial charge < -0.3 is 0 Å². The van der Waals surface area contributed by atoms with E-state index < -0.39 is 0 Å². The molecule has 1 aliphatic carbocycles. The summed E-state index contributed by atoms with van der Waals surface area (Å²) >= 11 is 0. The summed E-state index contributed by atoms with van der Waals surface area (Å²) in [6.07, 6.45) is 1.83. The molecular weight excluding hydrogens is 196 g/mol. The summed E-state index contributed by atoms with van der Waals surface area (Å²) in [6.45, 7) is 1.97. The van der Waals surface area contributed by atoms with E-state index in [0.29, 0.717) is 5.92 Å². The summed E-state index contributed by atoms with van der Waals surface area (Å²) < 4.78 is 0. The first-order valence-electron chi connectivity index (χ1n) is 5.66. The molecule has 2 nitrogen and oxygen atoms in total. The van der Waals surface area contributed by atoms with Crippen LogP contribution in [0.4, 0.5) is 0 Å². The van der Waals surface area contributed by atoms with Crippen molar-refractivity contribution in [1.82, 2.24) is 0 Å². The number of hydrogen-bond donors (Lipinski definition) is 0. The second-order valence-electron chi connectivity index (χ2n) is 4.41. The summed E-state index contributed by atoms with van der Waals surface area (Å²) in [6, 6.07) is 12.7. The van der Waals surface area contributed by atoms with Gasteiger partial charge in [0.2, 0.25) is 0 Å². The van der Waals surface area contributed by atoms with Crippen LogP contribution in [0.15, 0.2) is 24.3 Å². The van der Waals surface area contributed by atoms with Crippen LogP contribution < -0.4 is 0 Å². The summed E-state index contributed by atoms with van der Waals surface area (Å²) in [7, 11) is 0. The Bertz CT molecular complexity index is 464. The molecule has 0 spiro atoms. The van der Waals surface area contributed by atoms with Gasteiger partial charge in [0.1, 0.15) is 0 Å². The molecule has 3 atom stereocenters. The summed E-state index contributed by atoms with van der Waals surface area (Å²) in [5.41, 5.74) is 2.33. The lowest BCUT2D eigenvalue weighted by atomic mass is 9.73. The minimum Gasteiger partial charge on any atom is -0.198 e. The Labute approximate surface area is 96.1 Å². The molecule has 0 bridgehead atoms. The molecule has 0 amide bonds. The molecule has 1 aromatic carbocycles. The molecule has 0 unspecified atom stereocenters. The molecule has 0 aliphatic heterocycles. The van der Waals surface area contributed by atoms with Gasteiger partial charge in [0, 0.05) is 0 Å². The predicted octanol–water partition coefficient (Wildman–Crippen LogP) is 3.33. The Hall–Kier alpha value is -1.80. The molecule has 0 radical (unpaired) electrons. The maximum atomic E-state index is 9.10. The fraction of sp³-hybridized carbons (Fsp3) is 0.429. The molecule has 0 saturated carbocycles. The maximum Gasteiger partial charge on any atom is 0.0715 e. The Morgan fingerprint density at radius 3 is 2.50 bits per heavy atom. The lowest BCUT2D eigenvalue weighted by Gasteiger charge is -2.29. The standard InChI is InChI=1S/C14H14N2/c1-10(8-15)12-7-6-11(9-16)13-4-2-3-5-14(12)13/h2-5,10-12H,6-7H2,1H3/t10-,11+,12-/m1/s1. The van der Waals surface area contributed by atoms with Gasteiger partial charge in [0.25, 0.3) is 0 Å². The zero-order valence-corrected chi connectivity index (χ0v) is 9.35. The van der Waals surface area contributed by atoms with Gasteiger partial charge in [0.05, 0.1) is 24.0 Å². The second kappa shape index (κ2) is 4.37. The highest BCUT2D eigenvalue weighted by Gasteiger charge is 2.29. The Kier molecular flexibility index (Phi) is 2.93. The summed E-state index contributed by atoms with van der Waals surface area (Å²) in [4.78, 5) is 0. The first-order valence-corrected chi connectivity index (χ1v) is 5.66. The van der Waals surface area contributed by atoms with Gasteiger partial charge in [-0.05, 0) is 36.8 Å². The van der Waals surface area contributed by atoms with Crippen molar-refractivity contribution >= 4 is 0 Å². The fourth-order valence-electron chi connectivity index (χ4n) is 2.57. The predicted molar refractivity (Wildman–Crippen MR) is 61.5 cm³/mol. The van der Waals surface area contributed by atoms with Crippen LogP contribution in [0.5, 0.6) is 0 Å². The minimum absolute atomic E-state index is 0.0124. The minimum atomic E-state index is 0.0124. The zero-order valence-electron chi connectivity index (χ0n) is 9.35. The van der Waals surface area contributed by atoms with E-state index in [2.05, 4.69) is 18.2 Å². The van der Waals surface area contributed by atoms with Crippen LogP contribution in [-0.4, -0.2) is 0 Å². The number of fused-ring (bicyclic) bond motifs is 1. The van der Waals surface area contributed by atoms with Gasteiger partial charge in [0.15, 0.2) is 0 Å². The molecule has 80 valence electrons. The SMILES string of the molecule is C[C@H](C#N)[C@H]1CC[C@@H](C#N)c2ccccc21. The van der Waals surface area contributed by atoms with Crippen molar-refractivity contribution in [3.8, 4) is 12.1 Å². The van der Waals surface area contributed by atoms with Crippen LogP contribution in [0.3, 0.4) is 0 Å². The average Bonchev–Trinajstić information content (AvgIpc) is 2.36. The van der Waals surface area contributed by atoms with Crippen LogP contribution in [-0.2, 0) is 0 Å². The molecule has 1 aliphatic rings. The van der Waals surface area contributed by atoms with Gasteiger partial charge in [-0.25, -0.2) is 0 Å². The molecule has 1 aromatic rings. The third-order valence-corrected chi connectivity index (χ3v) is 3.50. The third kappa shape index (κ3) is 1.68. The molecule has 0 saturated heterocycles. The number of nitriles is 2. The van der Waals surface area contributed by atoms with Crippen molar-refractivity contribution in [2.45, 2.75) is 31.6 Å². The van der Waals surface area contributed by atoms with Crippen molar-refractivity contribution in [3.63, 3.8) is 0 Å². The van der Waals surface area contributed by atoms with E-state index >= 15 is 0 Å². The molecule has 0 N–H and O–H groups in total. The Morgan fingerprint density at radius 1 is 1.19 bits per heavy atom. The first-order chi connectivity index (χ1) is 7.77. The van der Waals surface area contributed by atoms with Crippen LogP contribution in [0.1, 0.15) is 42.7 Å². The van der Waals surface area contributed by atoms with Gasteiger partial charge >= 0.3 is 0 Å². The third-order valence-electron chi connectivity index (χ3n) is 3.50. The van der Waals surface area contributed by atoms with E-state index in [9.17, 15) is 0 Å². The molecule has 2 rings (SSSR count). The highest BCUT2D eigenvalue weighted by atomic mass is 14.4. The fourth-order valence-corrected chi connectivity index (χ4v) is 2.57. The van der Waals surface area contributed by atoms with E-state index in [1.165, 1.54) is 5.56 Å². The van der Waals surface area contributed by atoms with Crippen LogP contribution in [0, 0.1) is 28.6 Å². The number of hydrogen-bond acceptors (Lipinski definition) is 2. The van der Waals surface area contributed by atoms with Crippen LogP contribution >= 0.6 is 0 Å². The lowest BCUT2D eigenvalue weighted by Crippen LogP contribution is -2.18. The van der Waals surface area contributed by atoms with Gasteiger partial charge in [-0.1, -0.05) is 24.3 Å². The Morgan fingerprint density at radius 2 is 1.88 bits per heavy atom.